The highest BCUT2D eigenvalue weighted by atomic mass is 127. The Kier molecular flexibility index (Phi) is 5.91. The van der Waals surface area contributed by atoms with Crippen LogP contribution in [0.3, 0.4) is 0 Å². The predicted molar refractivity (Wildman–Crippen MR) is 89.3 cm³/mol. The number of aliphatic hydroxyl groups excluding tert-OH is 1. The van der Waals surface area contributed by atoms with Crippen LogP contribution in [0.4, 0.5) is 0 Å². The predicted octanol–water partition coefficient (Wildman–Crippen LogP) is 3.34. The molecule has 0 aliphatic carbocycles. The maximum atomic E-state index is 10.8. The lowest BCUT2D eigenvalue weighted by atomic mass is 9.68. The van der Waals surface area contributed by atoms with Crippen LogP contribution >= 0.6 is 22.6 Å². The van der Waals surface area contributed by atoms with Gasteiger partial charge in [-0.05, 0) is 24.7 Å². The Morgan fingerprint density at radius 3 is 2.80 bits per heavy atom. The third-order valence-corrected chi connectivity index (χ3v) is 5.65. The number of aliphatic hydroxyl groups is 1. The second-order valence-corrected chi connectivity index (χ2v) is 7.72. The number of hydrogen-bond donors (Lipinski definition) is 1. The van der Waals surface area contributed by atoms with Crippen LogP contribution < -0.4 is 0 Å². The summed E-state index contributed by atoms with van der Waals surface area (Å²) >= 11 is 2.36. The smallest absolute Gasteiger partial charge is 0.107 e. The van der Waals surface area contributed by atoms with Gasteiger partial charge in [0.15, 0.2) is 0 Å². The normalized spacial score (nSPS) is 39.1. The topological polar surface area (TPSA) is 38.7 Å². The van der Waals surface area contributed by atoms with Gasteiger partial charge in [0.25, 0.3) is 0 Å². The van der Waals surface area contributed by atoms with E-state index < -0.39 is 6.10 Å². The van der Waals surface area contributed by atoms with Gasteiger partial charge in [-0.15, -0.1) is 0 Å². The fraction of sp³-hybridized carbons (Fsp3) is 0.875. The second-order valence-electron chi connectivity index (χ2n) is 6.84. The fourth-order valence-electron chi connectivity index (χ4n) is 3.54. The molecule has 4 atom stereocenters. The lowest BCUT2D eigenvalue weighted by molar-refractivity contribution is -0.192. The van der Waals surface area contributed by atoms with Crippen LogP contribution in [-0.2, 0) is 9.47 Å². The molecule has 0 aromatic heterocycles. The van der Waals surface area contributed by atoms with E-state index in [0.29, 0.717) is 13.2 Å². The molecule has 3 nitrogen and oxygen atoms in total. The van der Waals surface area contributed by atoms with Crippen LogP contribution in [0.25, 0.3) is 0 Å². The van der Waals surface area contributed by atoms with Gasteiger partial charge in [-0.2, -0.15) is 0 Å². The Labute approximate surface area is 136 Å². The number of hydrogen-bond acceptors (Lipinski definition) is 3. The summed E-state index contributed by atoms with van der Waals surface area (Å²) in [5.41, 5.74) is 1.20. The lowest BCUT2D eigenvalue weighted by Gasteiger charge is -2.47. The van der Waals surface area contributed by atoms with Crippen molar-refractivity contribution in [2.45, 2.75) is 57.8 Å². The molecule has 0 radical (unpaired) electrons. The Hall–Kier alpha value is 0.350. The lowest BCUT2D eigenvalue weighted by Crippen LogP contribution is -2.55. The first-order valence-electron chi connectivity index (χ1n) is 7.59. The van der Waals surface area contributed by atoms with Crippen molar-refractivity contribution >= 4 is 22.6 Å². The molecule has 2 aliphatic rings. The zero-order chi connectivity index (χ0) is 14.8. The van der Waals surface area contributed by atoms with Crippen molar-refractivity contribution < 1.29 is 14.6 Å². The minimum Gasteiger partial charge on any atom is -0.390 e. The average Bonchev–Trinajstić information content (AvgIpc) is 2.41. The molecule has 2 fully saturated rings. The Morgan fingerprint density at radius 2 is 2.10 bits per heavy atom. The van der Waals surface area contributed by atoms with E-state index >= 15 is 0 Å². The van der Waals surface area contributed by atoms with E-state index in [0.717, 1.165) is 29.3 Å². The van der Waals surface area contributed by atoms with E-state index in [-0.39, 0.29) is 23.5 Å². The largest absolute Gasteiger partial charge is 0.390 e. The summed E-state index contributed by atoms with van der Waals surface area (Å²) in [5, 5.41) is 10.8. The molecule has 0 aromatic rings. The van der Waals surface area contributed by atoms with Crippen molar-refractivity contribution in [3.8, 4) is 0 Å². The third kappa shape index (κ3) is 3.76. The highest BCUT2D eigenvalue weighted by Gasteiger charge is 2.47. The van der Waals surface area contributed by atoms with Gasteiger partial charge in [-0.1, -0.05) is 55.0 Å². The van der Waals surface area contributed by atoms with E-state index in [9.17, 15) is 5.11 Å². The number of halogens is 1. The Balaban J connectivity index is 2.22. The first kappa shape index (κ1) is 16.7. The standard InChI is InChI=1S/C16H27IO3/c1-11-6-4-5-7-16(2,3)14-12(8-17)20-10-13(15(14)18)19-9-11/h12-15,18H,1,4-10H2,2-3H3. The minimum absolute atomic E-state index is 0.0724. The number of fused-ring (bicyclic) bond motifs is 2. The molecule has 20 heavy (non-hydrogen) atoms. The van der Waals surface area contributed by atoms with Crippen molar-refractivity contribution in [3.63, 3.8) is 0 Å². The Bertz CT molecular complexity index is 343. The summed E-state index contributed by atoms with van der Waals surface area (Å²) < 4.78 is 12.8. The van der Waals surface area contributed by atoms with Crippen LogP contribution in [0.2, 0.25) is 0 Å². The van der Waals surface area contributed by atoms with Crippen LogP contribution in [0.5, 0.6) is 0 Å². The van der Waals surface area contributed by atoms with E-state index in [1.807, 2.05) is 0 Å². The number of rotatable bonds is 1. The molecule has 0 spiro atoms. The number of alkyl halides is 1. The molecule has 2 aliphatic heterocycles. The molecule has 0 saturated carbocycles. The molecule has 2 heterocycles. The van der Waals surface area contributed by atoms with Gasteiger partial charge in [-0.3, -0.25) is 0 Å². The molecular weight excluding hydrogens is 367 g/mol. The van der Waals surface area contributed by atoms with Crippen molar-refractivity contribution in [1.82, 2.24) is 0 Å². The van der Waals surface area contributed by atoms with Crippen LogP contribution in [0, 0.1) is 11.3 Å². The van der Waals surface area contributed by atoms with Crippen molar-refractivity contribution in [2.75, 3.05) is 17.6 Å². The molecule has 0 amide bonds. The molecule has 116 valence electrons. The van der Waals surface area contributed by atoms with E-state index in [4.69, 9.17) is 9.47 Å². The quantitative estimate of drug-likeness (QED) is 0.421. The first-order valence-corrected chi connectivity index (χ1v) is 9.12. The summed E-state index contributed by atoms with van der Waals surface area (Å²) in [7, 11) is 0. The SMILES string of the molecule is C=C1CCCCC(C)(C)C2C(CI)OCC(OC1)C2O. The zero-order valence-corrected chi connectivity index (χ0v) is 14.8. The van der Waals surface area contributed by atoms with E-state index in [1.165, 1.54) is 6.42 Å². The van der Waals surface area contributed by atoms with Crippen LogP contribution in [0.15, 0.2) is 12.2 Å². The second kappa shape index (κ2) is 7.07. The molecule has 2 rings (SSSR count). The highest BCUT2D eigenvalue weighted by Crippen LogP contribution is 2.42. The average molecular weight is 394 g/mol. The van der Waals surface area contributed by atoms with Crippen molar-refractivity contribution in [3.05, 3.63) is 12.2 Å². The van der Waals surface area contributed by atoms with Crippen molar-refractivity contribution in [2.24, 2.45) is 11.3 Å². The molecule has 0 aromatic carbocycles. The van der Waals surface area contributed by atoms with Crippen molar-refractivity contribution in [1.29, 1.82) is 0 Å². The summed E-state index contributed by atoms with van der Waals surface area (Å²) in [6.07, 6.45) is 3.95. The van der Waals surface area contributed by atoms with Crippen LogP contribution in [0.1, 0.15) is 39.5 Å². The third-order valence-electron chi connectivity index (χ3n) is 4.78. The van der Waals surface area contributed by atoms with Gasteiger partial charge < -0.3 is 14.6 Å². The monoisotopic (exact) mass is 394 g/mol. The summed E-state index contributed by atoms with van der Waals surface area (Å²) in [6, 6.07) is 0. The van der Waals surface area contributed by atoms with Gasteiger partial charge in [0.05, 0.1) is 25.4 Å². The minimum atomic E-state index is -0.440. The van der Waals surface area contributed by atoms with E-state index in [1.54, 1.807) is 0 Å². The molecule has 4 unspecified atom stereocenters. The maximum Gasteiger partial charge on any atom is 0.107 e. The fourth-order valence-corrected chi connectivity index (χ4v) is 4.35. The first-order chi connectivity index (χ1) is 9.45. The summed E-state index contributed by atoms with van der Waals surface area (Å²) in [6.45, 7) is 9.64. The summed E-state index contributed by atoms with van der Waals surface area (Å²) in [5.74, 6) is 0.143. The van der Waals surface area contributed by atoms with Gasteiger partial charge in [-0.25, -0.2) is 0 Å². The molecule has 4 heteroatoms. The van der Waals surface area contributed by atoms with Gasteiger partial charge in [0.2, 0.25) is 0 Å². The Morgan fingerprint density at radius 1 is 1.35 bits per heavy atom. The molecule has 2 bridgehead atoms. The molecular formula is C16H27IO3. The summed E-state index contributed by atoms with van der Waals surface area (Å²) in [4.78, 5) is 0. The molecule has 2 saturated heterocycles. The highest BCUT2D eigenvalue weighted by molar-refractivity contribution is 14.1. The zero-order valence-electron chi connectivity index (χ0n) is 12.6. The van der Waals surface area contributed by atoms with Crippen LogP contribution in [-0.4, -0.2) is 41.1 Å². The van der Waals surface area contributed by atoms with Gasteiger partial charge >= 0.3 is 0 Å². The molecule has 1 N–H and O–H groups in total. The van der Waals surface area contributed by atoms with Gasteiger partial charge in [0, 0.05) is 10.3 Å². The number of ether oxygens (including phenoxy) is 2. The van der Waals surface area contributed by atoms with Gasteiger partial charge in [0.1, 0.15) is 6.10 Å². The van der Waals surface area contributed by atoms with E-state index in [2.05, 4.69) is 43.0 Å². The maximum absolute atomic E-state index is 10.8.